The zero-order chi connectivity index (χ0) is 19.7. The van der Waals surface area contributed by atoms with E-state index in [0.717, 1.165) is 11.3 Å². The number of benzene rings is 1. The van der Waals surface area contributed by atoms with Crippen LogP contribution in [0.25, 0.3) is 11.3 Å². The molecular formula is C20H17Cl2N3O2S. The highest BCUT2D eigenvalue weighted by atomic mass is 35.5. The van der Waals surface area contributed by atoms with Crippen molar-refractivity contribution in [2.45, 2.75) is 12.1 Å². The van der Waals surface area contributed by atoms with Crippen molar-refractivity contribution >= 4 is 40.5 Å². The van der Waals surface area contributed by atoms with Crippen molar-refractivity contribution in [3.8, 4) is 11.3 Å². The molecule has 5 nitrogen and oxygen atoms in total. The summed E-state index contributed by atoms with van der Waals surface area (Å²) >= 11 is 18.0. The van der Waals surface area contributed by atoms with E-state index in [0.29, 0.717) is 33.2 Å². The molecule has 1 aliphatic heterocycles. The Hall–Kier alpha value is -2.12. The molecule has 8 heteroatoms. The van der Waals surface area contributed by atoms with Gasteiger partial charge in [0, 0.05) is 18.3 Å². The third-order valence-corrected chi connectivity index (χ3v) is 5.85. The number of nitrogens with one attached hydrogen (secondary N) is 1. The molecule has 3 aromatic rings. The second-order valence-corrected chi connectivity index (χ2v) is 7.52. The highest BCUT2D eigenvalue weighted by Gasteiger charge is 2.41. The number of β-amino-alcohol motifs (C(OH)–C–C–N with tert-alkyl or cyclic N) is 1. The summed E-state index contributed by atoms with van der Waals surface area (Å²) in [6.45, 7) is 0.356. The van der Waals surface area contributed by atoms with Crippen LogP contribution in [0.15, 0.2) is 59.1 Å². The van der Waals surface area contributed by atoms with Crippen LogP contribution in [0.5, 0.6) is 0 Å². The molecule has 0 spiro atoms. The molecule has 2 N–H and O–H groups in total. The quantitative estimate of drug-likeness (QED) is 0.572. The van der Waals surface area contributed by atoms with Crippen LogP contribution in [0, 0.1) is 0 Å². The number of aromatic nitrogens is 1. The van der Waals surface area contributed by atoms with Crippen molar-refractivity contribution in [1.29, 1.82) is 0 Å². The molecule has 0 aliphatic carbocycles. The van der Waals surface area contributed by atoms with Crippen LogP contribution in [0.2, 0.25) is 10.0 Å². The van der Waals surface area contributed by atoms with E-state index in [2.05, 4.69) is 10.3 Å². The van der Waals surface area contributed by atoms with E-state index in [1.165, 1.54) is 0 Å². The number of hydrogen-bond acceptors (Lipinski definition) is 4. The van der Waals surface area contributed by atoms with Gasteiger partial charge < -0.3 is 19.7 Å². The highest BCUT2D eigenvalue weighted by molar-refractivity contribution is 7.80. The average molecular weight is 434 g/mol. The van der Waals surface area contributed by atoms with E-state index in [1.807, 2.05) is 47.4 Å². The Kier molecular flexibility index (Phi) is 5.55. The molecule has 1 aromatic carbocycles. The average Bonchev–Trinajstić information content (AvgIpc) is 3.30. The molecule has 4 rings (SSSR count). The molecule has 3 heterocycles. The number of nitrogens with zero attached hydrogens (tertiary/aromatic N) is 2. The lowest BCUT2D eigenvalue weighted by atomic mass is 10.0. The molecule has 0 amide bonds. The first-order valence-electron chi connectivity index (χ1n) is 8.73. The minimum atomic E-state index is -0.249. The monoisotopic (exact) mass is 433 g/mol. The van der Waals surface area contributed by atoms with E-state index in [9.17, 15) is 5.11 Å². The van der Waals surface area contributed by atoms with Gasteiger partial charge in [0.1, 0.15) is 17.6 Å². The third-order valence-electron chi connectivity index (χ3n) is 4.67. The molecule has 1 fully saturated rings. The summed E-state index contributed by atoms with van der Waals surface area (Å²) in [4.78, 5) is 6.38. The largest absolute Gasteiger partial charge is 0.459 e. The zero-order valence-electron chi connectivity index (χ0n) is 14.7. The molecular weight excluding hydrogens is 417 g/mol. The molecule has 0 bridgehead atoms. The Morgan fingerprint density at radius 1 is 1.14 bits per heavy atom. The van der Waals surface area contributed by atoms with Crippen molar-refractivity contribution < 1.29 is 9.52 Å². The maximum Gasteiger partial charge on any atom is 0.170 e. The van der Waals surface area contributed by atoms with Gasteiger partial charge in [-0.2, -0.15) is 0 Å². The van der Waals surface area contributed by atoms with Crippen LogP contribution in [0.4, 0.5) is 0 Å². The van der Waals surface area contributed by atoms with E-state index in [-0.39, 0.29) is 18.7 Å². The lowest BCUT2D eigenvalue weighted by Gasteiger charge is -2.25. The fourth-order valence-corrected chi connectivity index (χ4v) is 4.14. The second kappa shape index (κ2) is 8.09. The van der Waals surface area contributed by atoms with Crippen LogP contribution in [0.1, 0.15) is 23.5 Å². The summed E-state index contributed by atoms with van der Waals surface area (Å²) in [5.74, 6) is 1.31. The van der Waals surface area contributed by atoms with E-state index >= 15 is 0 Å². The van der Waals surface area contributed by atoms with E-state index < -0.39 is 0 Å². The van der Waals surface area contributed by atoms with Gasteiger partial charge in [0.2, 0.25) is 0 Å². The normalized spacial score (nSPS) is 19.1. The fourth-order valence-electron chi connectivity index (χ4n) is 3.41. The lowest BCUT2D eigenvalue weighted by molar-refractivity contribution is 0.209. The van der Waals surface area contributed by atoms with Crippen molar-refractivity contribution in [2.24, 2.45) is 0 Å². The third kappa shape index (κ3) is 3.49. The van der Waals surface area contributed by atoms with Crippen molar-refractivity contribution in [2.75, 3.05) is 13.2 Å². The van der Waals surface area contributed by atoms with Gasteiger partial charge in [-0.1, -0.05) is 35.3 Å². The summed E-state index contributed by atoms with van der Waals surface area (Å²) < 4.78 is 6.17. The van der Waals surface area contributed by atoms with Gasteiger partial charge in [0.05, 0.1) is 28.4 Å². The Bertz CT molecular complexity index is 996. The summed E-state index contributed by atoms with van der Waals surface area (Å²) in [6.07, 6.45) is 1.74. The number of aliphatic hydroxyl groups excluding tert-OH is 1. The van der Waals surface area contributed by atoms with Gasteiger partial charge in [-0.05, 0) is 48.6 Å². The molecule has 1 saturated heterocycles. The first kappa shape index (κ1) is 19.2. The van der Waals surface area contributed by atoms with Gasteiger partial charge in [0.25, 0.3) is 0 Å². The number of thiocarbonyl (C=S) groups is 1. The Morgan fingerprint density at radius 3 is 2.75 bits per heavy atom. The highest BCUT2D eigenvalue weighted by Crippen LogP contribution is 2.41. The predicted molar refractivity (Wildman–Crippen MR) is 113 cm³/mol. The minimum Gasteiger partial charge on any atom is -0.459 e. The van der Waals surface area contributed by atoms with Gasteiger partial charge in [-0.15, -0.1) is 0 Å². The van der Waals surface area contributed by atoms with Crippen molar-refractivity contribution in [1.82, 2.24) is 15.2 Å². The Labute approximate surface area is 177 Å². The summed E-state index contributed by atoms with van der Waals surface area (Å²) in [5, 5.41) is 14.3. The minimum absolute atomic E-state index is 0.0268. The van der Waals surface area contributed by atoms with Gasteiger partial charge in [-0.25, -0.2) is 0 Å². The molecule has 0 radical (unpaired) electrons. The Balaban J connectivity index is 1.75. The molecule has 2 atom stereocenters. The number of pyridine rings is 1. The number of furan rings is 1. The van der Waals surface area contributed by atoms with Crippen LogP contribution < -0.4 is 5.32 Å². The van der Waals surface area contributed by atoms with Crippen LogP contribution in [-0.4, -0.2) is 33.3 Å². The number of halogens is 2. The maximum atomic E-state index is 9.51. The Morgan fingerprint density at radius 2 is 2.00 bits per heavy atom. The molecule has 0 unspecified atom stereocenters. The maximum absolute atomic E-state index is 9.51. The summed E-state index contributed by atoms with van der Waals surface area (Å²) in [5.41, 5.74) is 1.56. The molecule has 28 heavy (non-hydrogen) atoms. The lowest BCUT2D eigenvalue weighted by Crippen LogP contribution is -2.32. The van der Waals surface area contributed by atoms with Crippen molar-refractivity contribution in [3.05, 3.63) is 76.2 Å². The predicted octanol–water partition coefficient (Wildman–Crippen LogP) is 4.61. The van der Waals surface area contributed by atoms with Crippen LogP contribution in [-0.2, 0) is 0 Å². The SMILES string of the molecule is OCCN1C(=S)N[C@@H](c2ccccn2)[C@@H]1c1ccc(-c2cccc(Cl)c2Cl)o1. The second-order valence-electron chi connectivity index (χ2n) is 6.35. The zero-order valence-corrected chi connectivity index (χ0v) is 17.0. The van der Waals surface area contributed by atoms with E-state index in [1.54, 1.807) is 12.3 Å². The summed E-state index contributed by atoms with van der Waals surface area (Å²) in [6, 6.07) is 14.5. The molecule has 144 valence electrons. The van der Waals surface area contributed by atoms with Crippen LogP contribution in [0.3, 0.4) is 0 Å². The number of rotatable bonds is 5. The number of hydrogen-bond donors (Lipinski definition) is 2. The number of aliphatic hydroxyl groups is 1. The topological polar surface area (TPSA) is 61.5 Å². The van der Waals surface area contributed by atoms with E-state index in [4.69, 9.17) is 39.8 Å². The fraction of sp³-hybridized carbons (Fsp3) is 0.200. The molecule has 2 aromatic heterocycles. The van der Waals surface area contributed by atoms with Crippen molar-refractivity contribution in [3.63, 3.8) is 0 Å². The first-order chi connectivity index (χ1) is 13.6. The van der Waals surface area contributed by atoms with Gasteiger partial charge in [-0.3, -0.25) is 4.98 Å². The van der Waals surface area contributed by atoms with Crippen LogP contribution >= 0.6 is 35.4 Å². The van der Waals surface area contributed by atoms with Gasteiger partial charge >= 0.3 is 0 Å². The first-order valence-corrected chi connectivity index (χ1v) is 9.89. The summed E-state index contributed by atoms with van der Waals surface area (Å²) in [7, 11) is 0. The van der Waals surface area contributed by atoms with Gasteiger partial charge in [0.15, 0.2) is 5.11 Å². The smallest absolute Gasteiger partial charge is 0.170 e. The molecule has 0 saturated carbocycles. The molecule has 1 aliphatic rings. The standard InChI is InChI=1S/C20H17Cl2N3O2S/c21-13-5-3-4-12(17(13)22)15-7-8-16(27-15)19-18(14-6-1-2-9-23-14)24-20(28)25(19)10-11-26/h1-9,18-19,26H,10-11H2,(H,24,28)/t18-,19-/m0/s1.